The lowest BCUT2D eigenvalue weighted by Gasteiger charge is -2.17. The Labute approximate surface area is 149 Å². The van der Waals surface area contributed by atoms with Crippen LogP contribution in [0.2, 0.25) is 5.02 Å². The largest absolute Gasteiger partial charge is 0.338 e. The fraction of sp³-hybridized carbons (Fsp3) is 0.222. The second kappa shape index (κ2) is 7.53. The molecule has 0 aliphatic carbocycles. The van der Waals surface area contributed by atoms with Crippen LogP contribution in [0.3, 0.4) is 0 Å². The summed E-state index contributed by atoms with van der Waals surface area (Å²) in [4.78, 5) is 25.7. The van der Waals surface area contributed by atoms with Crippen molar-refractivity contribution in [3.05, 3.63) is 59.4 Å². The van der Waals surface area contributed by atoms with Crippen molar-refractivity contribution in [2.75, 3.05) is 23.3 Å². The van der Waals surface area contributed by atoms with Gasteiger partial charge in [-0.3, -0.25) is 4.79 Å². The number of amides is 3. The Morgan fingerprint density at radius 2 is 1.92 bits per heavy atom. The third-order valence-corrected chi connectivity index (χ3v) is 4.35. The zero-order chi connectivity index (χ0) is 17.8. The van der Waals surface area contributed by atoms with Crippen LogP contribution in [0.5, 0.6) is 0 Å². The molecule has 3 amide bonds. The van der Waals surface area contributed by atoms with Gasteiger partial charge in [0, 0.05) is 31.1 Å². The molecule has 0 radical (unpaired) electrons. The van der Waals surface area contributed by atoms with Gasteiger partial charge in [-0.15, -0.1) is 0 Å². The molecule has 1 atom stereocenters. The summed E-state index contributed by atoms with van der Waals surface area (Å²) in [5.74, 6) is -0.385. The molecule has 0 saturated carbocycles. The van der Waals surface area contributed by atoms with Crippen molar-refractivity contribution in [1.29, 1.82) is 0 Å². The maximum atomic E-state index is 13.0. The van der Waals surface area contributed by atoms with E-state index in [0.717, 1.165) is 0 Å². The van der Waals surface area contributed by atoms with Crippen molar-refractivity contribution in [2.45, 2.75) is 6.42 Å². The first-order valence-corrected chi connectivity index (χ1v) is 8.26. The summed E-state index contributed by atoms with van der Waals surface area (Å²) in [5.41, 5.74) is 1.19. The Morgan fingerprint density at radius 1 is 1.20 bits per heavy atom. The molecule has 1 saturated heterocycles. The zero-order valence-electron chi connectivity index (χ0n) is 13.3. The number of benzene rings is 2. The molecule has 1 aliphatic heterocycles. The molecular weight excluding hydrogens is 345 g/mol. The molecule has 1 aliphatic rings. The number of hydrogen-bond donors (Lipinski definition) is 2. The fourth-order valence-corrected chi connectivity index (χ4v) is 2.94. The first-order valence-electron chi connectivity index (χ1n) is 7.88. The van der Waals surface area contributed by atoms with E-state index in [1.54, 1.807) is 41.3 Å². The molecule has 0 bridgehead atoms. The number of carbonyl (C=O) groups excluding carboxylic acids is 2. The number of halogens is 2. The van der Waals surface area contributed by atoms with E-state index in [1.165, 1.54) is 12.1 Å². The SMILES string of the molecule is O=C(NC[C@H]1CC(=O)N(c2ccc(F)cc2)C1)Nc1ccccc1Cl. The maximum Gasteiger partial charge on any atom is 0.319 e. The van der Waals surface area contributed by atoms with Crippen molar-refractivity contribution in [3.63, 3.8) is 0 Å². The van der Waals surface area contributed by atoms with Crippen LogP contribution in [0, 0.1) is 11.7 Å². The molecule has 0 unspecified atom stereocenters. The van der Waals surface area contributed by atoms with E-state index in [1.807, 2.05) is 0 Å². The third-order valence-electron chi connectivity index (χ3n) is 4.02. The normalized spacial score (nSPS) is 16.8. The van der Waals surface area contributed by atoms with Gasteiger partial charge < -0.3 is 15.5 Å². The van der Waals surface area contributed by atoms with E-state index < -0.39 is 0 Å². The van der Waals surface area contributed by atoms with Crippen LogP contribution in [0.4, 0.5) is 20.6 Å². The van der Waals surface area contributed by atoms with Crippen molar-refractivity contribution in [1.82, 2.24) is 5.32 Å². The van der Waals surface area contributed by atoms with Gasteiger partial charge in [0.05, 0.1) is 10.7 Å². The lowest BCUT2D eigenvalue weighted by Crippen LogP contribution is -2.34. The highest BCUT2D eigenvalue weighted by molar-refractivity contribution is 6.33. The molecular formula is C18H17ClFN3O2. The highest BCUT2D eigenvalue weighted by Crippen LogP contribution is 2.25. The standard InChI is InChI=1S/C18H17ClFN3O2/c19-15-3-1-2-4-16(15)22-18(25)21-10-12-9-17(24)23(11-12)14-7-5-13(20)6-8-14/h1-8,12H,9-11H2,(H2,21,22,25)/t12-/m1/s1. The van der Waals surface area contributed by atoms with Crippen molar-refractivity contribution in [2.24, 2.45) is 5.92 Å². The molecule has 0 aromatic heterocycles. The minimum absolute atomic E-state index is 0.00505. The van der Waals surface area contributed by atoms with Crippen LogP contribution in [0.25, 0.3) is 0 Å². The van der Waals surface area contributed by atoms with Crippen molar-refractivity contribution in [3.8, 4) is 0 Å². The average molecular weight is 362 g/mol. The van der Waals surface area contributed by atoms with Crippen molar-refractivity contribution < 1.29 is 14.0 Å². The van der Waals surface area contributed by atoms with Gasteiger partial charge in [0.2, 0.25) is 5.91 Å². The van der Waals surface area contributed by atoms with Gasteiger partial charge in [-0.1, -0.05) is 23.7 Å². The first kappa shape index (κ1) is 17.2. The molecule has 5 nitrogen and oxygen atoms in total. The molecule has 25 heavy (non-hydrogen) atoms. The number of para-hydroxylation sites is 1. The van der Waals surface area contributed by atoms with Crippen molar-refractivity contribution >= 4 is 34.9 Å². The molecule has 2 aromatic rings. The van der Waals surface area contributed by atoms with Crippen LogP contribution in [0.15, 0.2) is 48.5 Å². The minimum atomic E-state index is -0.374. The lowest BCUT2D eigenvalue weighted by atomic mass is 10.1. The van der Waals surface area contributed by atoms with E-state index in [4.69, 9.17) is 11.6 Å². The molecule has 0 spiro atoms. The van der Waals surface area contributed by atoms with E-state index in [0.29, 0.717) is 35.9 Å². The topological polar surface area (TPSA) is 61.4 Å². The van der Waals surface area contributed by atoms with Gasteiger partial charge in [-0.05, 0) is 36.4 Å². The number of hydrogen-bond acceptors (Lipinski definition) is 2. The van der Waals surface area contributed by atoms with Gasteiger partial charge in [0.15, 0.2) is 0 Å². The summed E-state index contributed by atoms with van der Waals surface area (Å²) in [7, 11) is 0. The van der Waals surface area contributed by atoms with Gasteiger partial charge in [-0.2, -0.15) is 0 Å². The Kier molecular flexibility index (Phi) is 5.19. The average Bonchev–Trinajstić information content (AvgIpc) is 2.97. The number of anilines is 2. The molecule has 130 valence electrons. The van der Waals surface area contributed by atoms with E-state index >= 15 is 0 Å². The Bertz CT molecular complexity index is 782. The minimum Gasteiger partial charge on any atom is -0.338 e. The molecule has 1 fully saturated rings. The summed E-state index contributed by atoms with van der Waals surface area (Å²) in [6.45, 7) is 0.844. The van der Waals surface area contributed by atoms with Gasteiger partial charge >= 0.3 is 6.03 Å². The Balaban J connectivity index is 1.52. The van der Waals surface area contributed by atoms with Gasteiger partial charge in [0.25, 0.3) is 0 Å². The van der Waals surface area contributed by atoms with Gasteiger partial charge in [-0.25, -0.2) is 9.18 Å². The smallest absolute Gasteiger partial charge is 0.319 e. The summed E-state index contributed by atoms with van der Waals surface area (Å²) in [6, 6.07) is 12.4. The third kappa shape index (κ3) is 4.28. The van der Waals surface area contributed by atoms with Crippen LogP contribution >= 0.6 is 11.6 Å². The summed E-state index contributed by atoms with van der Waals surface area (Å²) in [5, 5.41) is 5.88. The Hall–Kier alpha value is -2.60. The van der Waals surface area contributed by atoms with E-state index in [9.17, 15) is 14.0 Å². The number of nitrogens with zero attached hydrogens (tertiary/aromatic N) is 1. The molecule has 1 heterocycles. The van der Waals surface area contributed by atoms with E-state index in [-0.39, 0.29) is 23.7 Å². The summed E-state index contributed by atoms with van der Waals surface area (Å²) >= 11 is 5.99. The predicted molar refractivity (Wildman–Crippen MR) is 95.3 cm³/mol. The number of rotatable bonds is 4. The maximum absolute atomic E-state index is 13.0. The monoisotopic (exact) mass is 361 g/mol. The fourth-order valence-electron chi connectivity index (χ4n) is 2.75. The van der Waals surface area contributed by atoms with Gasteiger partial charge in [0.1, 0.15) is 5.82 Å². The zero-order valence-corrected chi connectivity index (χ0v) is 14.1. The summed E-state index contributed by atoms with van der Waals surface area (Å²) < 4.78 is 13.0. The predicted octanol–water partition coefficient (Wildman–Crippen LogP) is 3.65. The second-order valence-electron chi connectivity index (χ2n) is 5.87. The van der Waals surface area contributed by atoms with Crippen LogP contribution in [0.1, 0.15) is 6.42 Å². The quantitative estimate of drug-likeness (QED) is 0.873. The van der Waals surface area contributed by atoms with Crippen LogP contribution in [-0.2, 0) is 4.79 Å². The first-order chi connectivity index (χ1) is 12.0. The highest BCUT2D eigenvalue weighted by Gasteiger charge is 2.30. The second-order valence-corrected chi connectivity index (χ2v) is 6.27. The number of nitrogens with one attached hydrogen (secondary N) is 2. The summed E-state index contributed by atoms with van der Waals surface area (Å²) in [6.07, 6.45) is 0.337. The van der Waals surface area contributed by atoms with Crippen LogP contribution < -0.4 is 15.5 Å². The molecule has 3 rings (SSSR count). The molecule has 2 N–H and O–H groups in total. The number of carbonyl (C=O) groups is 2. The van der Waals surface area contributed by atoms with E-state index in [2.05, 4.69) is 10.6 Å². The molecule has 2 aromatic carbocycles. The molecule has 7 heteroatoms. The number of urea groups is 1. The van der Waals surface area contributed by atoms with Crippen LogP contribution in [-0.4, -0.2) is 25.0 Å². The Morgan fingerprint density at radius 3 is 2.64 bits per heavy atom. The lowest BCUT2D eigenvalue weighted by molar-refractivity contribution is -0.117. The highest BCUT2D eigenvalue weighted by atomic mass is 35.5.